The van der Waals surface area contributed by atoms with Crippen LogP contribution in [0.15, 0.2) is 24.3 Å². The van der Waals surface area contributed by atoms with Gasteiger partial charge in [0.2, 0.25) is 5.91 Å². The summed E-state index contributed by atoms with van der Waals surface area (Å²) in [5.74, 6) is 0.730. The van der Waals surface area contributed by atoms with Gasteiger partial charge in [-0.25, -0.2) is 4.79 Å². The van der Waals surface area contributed by atoms with E-state index in [9.17, 15) is 9.59 Å². The average molecular weight is 307 g/mol. The molecule has 122 valence electrons. The van der Waals surface area contributed by atoms with E-state index in [0.29, 0.717) is 19.1 Å². The van der Waals surface area contributed by atoms with Gasteiger partial charge in [0, 0.05) is 12.2 Å². The molecule has 0 saturated carbocycles. The number of rotatable bonds is 7. The zero-order valence-electron chi connectivity index (χ0n) is 13.6. The van der Waals surface area contributed by atoms with E-state index in [1.54, 1.807) is 6.92 Å². The lowest BCUT2D eigenvalue weighted by Gasteiger charge is -2.15. The minimum Gasteiger partial charge on any atom is -0.494 e. The van der Waals surface area contributed by atoms with Gasteiger partial charge in [-0.15, -0.1) is 0 Å². The van der Waals surface area contributed by atoms with E-state index in [-0.39, 0.29) is 5.91 Å². The maximum atomic E-state index is 11.9. The highest BCUT2D eigenvalue weighted by atomic mass is 16.5. The van der Waals surface area contributed by atoms with Crippen molar-refractivity contribution in [3.8, 4) is 5.75 Å². The molecule has 0 spiro atoms. The summed E-state index contributed by atoms with van der Waals surface area (Å²) in [6.45, 7) is 8.72. The van der Waals surface area contributed by atoms with E-state index in [2.05, 4.69) is 16.0 Å². The number of carbonyl (C=O) groups excluding carboxylic acids is 2. The quantitative estimate of drug-likeness (QED) is 0.722. The summed E-state index contributed by atoms with van der Waals surface area (Å²) in [5.41, 5.74) is 0.786. The molecule has 6 nitrogen and oxygen atoms in total. The normalized spacial score (nSPS) is 11.7. The van der Waals surface area contributed by atoms with Gasteiger partial charge in [-0.1, -0.05) is 13.8 Å². The highest BCUT2D eigenvalue weighted by Crippen LogP contribution is 2.16. The first-order valence-electron chi connectivity index (χ1n) is 7.50. The lowest BCUT2D eigenvalue weighted by molar-refractivity contribution is -0.120. The van der Waals surface area contributed by atoms with Gasteiger partial charge in [-0.05, 0) is 44.0 Å². The highest BCUT2D eigenvalue weighted by Gasteiger charge is 2.15. The minimum atomic E-state index is -0.525. The second kappa shape index (κ2) is 8.92. The van der Waals surface area contributed by atoms with Crippen LogP contribution in [0.2, 0.25) is 0 Å². The van der Waals surface area contributed by atoms with Gasteiger partial charge in [-0.2, -0.15) is 0 Å². The zero-order valence-corrected chi connectivity index (χ0v) is 13.6. The molecule has 1 aromatic carbocycles. The number of ether oxygens (including phenoxy) is 1. The molecule has 0 aromatic heterocycles. The third-order valence-electron chi connectivity index (χ3n) is 2.85. The van der Waals surface area contributed by atoms with Crippen molar-refractivity contribution in [1.82, 2.24) is 10.6 Å². The molecule has 0 saturated heterocycles. The number of hydrogen-bond donors (Lipinski definition) is 3. The van der Waals surface area contributed by atoms with Crippen molar-refractivity contribution in [2.24, 2.45) is 5.92 Å². The fourth-order valence-electron chi connectivity index (χ4n) is 1.69. The molecule has 0 aliphatic heterocycles. The minimum absolute atomic E-state index is 0.334. The van der Waals surface area contributed by atoms with Crippen LogP contribution in [0, 0.1) is 5.92 Å². The molecule has 0 aliphatic rings. The van der Waals surface area contributed by atoms with E-state index in [1.165, 1.54) is 0 Å². The third-order valence-corrected chi connectivity index (χ3v) is 2.85. The molecule has 1 rings (SSSR count). The Labute approximate surface area is 131 Å². The first-order chi connectivity index (χ1) is 10.4. The van der Waals surface area contributed by atoms with Gasteiger partial charge in [-0.3, -0.25) is 10.1 Å². The molecule has 6 heteroatoms. The highest BCUT2D eigenvalue weighted by molar-refractivity contribution is 5.97. The first kappa shape index (κ1) is 17.8. The van der Waals surface area contributed by atoms with Crippen LogP contribution in [0.5, 0.6) is 5.75 Å². The van der Waals surface area contributed by atoms with Crippen molar-refractivity contribution in [3.05, 3.63) is 24.3 Å². The van der Waals surface area contributed by atoms with Gasteiger partial charge >= 0.3 is 6.03 Å². The van der Waals surface area contributed by atoms with Crippen molar-refractivity contribution >= 4 is 17.6 Å². The number of hydrogen-bond acceptors (Lipinski definition) is 4. The molecule has 0 heterocycles. The number of amides is 3. The van der Waals surface area contributed by atoms with Crippen LogP contribution in [0.4, 0.5) is 10.5 Å². The predicted octanol–water partition coefficient (Wildman–Crippen LogP) is 2.37. The topological polar surface area (TPSA) is 79.5 Å². The summed E-state index contributed by atoms with van der Waals surface area (Å²) in [4.78, 5) is 23.5. The number of carbonyl (C=O) groups is 2. The summed E-state index contributed by atoms with van der Waals surface area (Å²) in [5, 5.41) is 7.98. The lowest BCUT2D eigenvalue weighted by Crippen LogP contribution is -2.46. The maximum Gasteiger partial charge on any atom is 0.321 e. The van der Waals surface area contributed by atoms with Crippen LogP contribution in [0.25, 0.3) is 0 Å². The van der Waals surface area contributed by atoms with Gasteiger partial charge in [0.25, 0.3) is 0 Å². The molecule has 3 N–H and O–H groups in total. The Balaban J connectivity index is 2.44. The monoisotopic (exact) mass is 307 g/mol. The molecule has 22 heavy (non-hydrogen) atoms. The van der Waals surface area contributed by atoms with Gasteiger partial charge in [0.1, 0.15) is 11.8 Å². The van der Waals surface area contributed by atoms with Crippen LogP contribution >= 0.6 is 0 Å². The van der Waals surface area contributed by atoms with Gasteiger partial charge < -0.3 is 15.4 Å². The fraction of sp³-hybridized carbons (Fsp3) is 0.500. The lowest BCUT2D eigenvalue weighted by atomic mass is 10.2. The zero-order chi connectivity index (χ0) is 16.5. The van der Waals surface area contributed by atoms with Crippen LogP contribution < -0.4 is 20.7 Å². The largest absolute Gasteiger partial charge is 0.494 e. The van der Waals surface area contributed by atoms with E-state index in [0.717, 1.165) is 11.4 Å². The number of urea groups is 1. The maximum absolute atomic E-state index is 11.9. The summed E-state index contributed by atoms with van der Waals surface area (Å²) in [6, 6.07) is 6.31. The molecular weight excluding hydrogens is 282 g/mol. The van der Waals surface area contributed by atoms with Crippen molar-refractivity contribution in [2.75, 3.05) is 18.5 Å². The molecule has 0 aliphatic carbocycles. The Kier molecular flexibility index (Phi) is 7.22. The average Bonchev–Trinajstić information content (AvgIpc) is 2.47. The van der Waals surface area contributed by atoms with Crippen LogP contribution in [-0.4, -0.2) is 31.1 Å². The Morgan fingerprint density at radius 3 is 2.32 bits per heavy atom. The fourth-order valence-corrected chi connectivity index (χ4v) is 1.69. The summed E-state index contributed by atoms with van der Waals surface area (Å²) in [6.07, 6.45) is 0. The second-order valence-corrected chi connectivity index (χ2v) is 5.42. The van der Waals surface area contributed by atoms with Crippen molar-refractivity contribution in [2.45, 2.75) is 33.7 Å². The van der Waals surface area contributed by atoms with E-state index in [4.69, 9.17) is 4.74 Å². The standard InChI is InChI=1S/C16H25N3O3/c1-5-22-14-8-6-13(7-9-14)18-12(4)15(20)19-16(21)17-10-11(2)3/h6-9,11-12,18H,5,10H2,1-4H3,(H2,17,19,20,21). The molecule has 0 radical (unpaired) electrons. The predicted molar refractivity (Wildman–Crippen MR) is 87.1 cm³/mol. The molecule has 1 aromatic rings. The van der Waals surface area contributed by atoms with E-state index >= 15 is 0 Å². The molecule has 0 bridgehead atoms. The summed E-state index contributed by atoms with van der Waals surface area (Å²) >= 11 is 0. The summed E-state index contributed by atoms with van der Waals surface area (Å²) in [7, 11) is 0. The molecule has 0 fully saturated rings. The number of imide groups is 1. The van der Waals surface area contributed by atoms with Crippen molar-refractivity contribution in [1.29, 1.82) is 0 Å². The summed E-state index contributed by atoms with van der Waals surface area (Å²) < 4.78 is 5.35. The Morgan fingerprint density at radius 1 is 1.14 bits per heavy atom. The first-order valence-corrected chi connectivity index (χ1v) is 7.50. The number of benzene rings is 1. The van der Waals surface area contributed by atoms with Crippen LogP contribution in [-0.2, 0) is 4.79 Å². The van der Waals surface area contributed by atoms with E-state index < -0.39 is 12.1 Å². The molecule has 1 atom stereocenters. The Hall–Kier alpha value is -2.24. The number of anilines is 1. The SMILES string of the molecule is CCOc1ccc(NC(C)C(=O)NC(=O)NCC(C)C)cc1. The van der Waals surface area contributed by atoms with Crippen LogP contribution in [0.1, 0.15) is 27.7 Å². The smallest absolute Gasteiger partial charge is 0.321 e. The van der Waals surface area contributed by atoms with E-state index in [1.807, 2.05) is 45.0 Å². The molecule has 1 unspecified atom stereocenters. The van der Waals surface area contributed by atoms with Crippen molar-refractivity contribution in [3.63, 3.8) is 0 Å². The third kappa shape index (κ3) is 6.47. The van der Waals surface area contributed by atoms with Crippen LogP contribution in [0.3, 0.4) is 0 Å². The number of nitrogens with one attached hydrogen (secondary N) is 3. The van der Waals surface area contributed by atoms with Gasteiger partial charge in [0.15, 0.2) is 0 Å². The van der Waals surface area contributed by atoms with Crippen molar-refractivity contribution < 1.29 is 14.3 Å². The van der Waals surface area contributed by atoms with Gasteiger partial charge in [0.05, 0.1) is 6.61 Å². The Bertz CT molecular complexity index is 486. The Morgan fingerprint density at radius 2 is 1.77 bits per heavy atom. The second-order valence-electron chi connectivity index (χ2n) is 5.42. The molecular formula is C16H25N3O3. The molecule has 3 amide bonds.